The van der Waals surface area contributed by atoms with E-state index in [1.165, 1.54) is 6.08 Å². The van der Waals surface area contributed by atoms with Gasteiger partial charge < -0.3 is 14.0 Å². The van der Waals surface area contributed by atoms with Gasteiger partial charge in [-0.15, -0.1) is 0 Å². The second-order valence-electron chi connectivity index (χ2n) is 5.35. The second-order valence-corrected chi connectivity index (χ2v) is 5.35. The highest BCUT2D eigenvalue weighted by Crippen LogP contribution is 2.22. The third-order valence-electron chi connectivity index (χ3n) is 3.52. The molecular formula is C19H17NO4. The molecule has 0 radical (unpaired) electrons. The van der Waals surface area contributed by atoms with Crippen molar-refractivity contribution in [3.05, 3.63) is 65.6 Å². The Bertz CT molecular complexity index is 895. The van der Waals surface area contributed by atoms with Gasteiger partial charge in [-0.2, -0.15) is 0 Å². The highest BCUT2D eigenvalue weighted by atomic mass is 16.5. The van der Waals surface area contributed by atoms with Crippen molar-refractivity contribution in [1.82, 2.24) is 5.16 Å². The number of rotatable bonds is 5. The Hall–Kier alpha value is -3.08. The van der Waals surface area contributed by atoms with Crippen molar-refractivity contribution in [3.63, 3.8) is 0 Å². The SMILES string of the molecule is COc1ccc2cc(/C=C/C(=O)OCc3cc(C)no3)ccc2c1. The number of hydrogen-bond donors (Lipinski definition) is 0. The first-order valence-electron chi connectivity index (χ1n) is 7.49. The first-order valence-corrected chi connectivity index (χ1v) is 7.49. The van der Waals surface area contributed by atoms with E-state index in [9.17, 15) is 4.79 Å². The predicted octanol–water partition coefficient (Wildman–Crippen LogP) is 3.90. The van der Waals surface area contributed by atoms with E-state index in [1.807, 2.05) is 43.3 Å². The fourth-order valence-electron chi connectivity index (χ4n) is 2.31. The molecule has 0 atom stereocenters. The van der Waals surface area contributed by atoms with Crippen LogP contribution in [0.15, 0.2) is 53.1 Å². The van der Waals surface area contributed by atoms with Crippen molar-refractivity contribution in [2.45, 2.75) is 13.5 Å². The lowest BCUT2D eigenvalue weighted by atomic mass is 10.1. The Kier molecular flexibility index (Phi) is 4.61. The third kappa shape index (κ3) is 3.81. The standard InChI is InChI=1S/C19H17NO4/c1-13-9-18(24-20-13)12-23-19(21)8-4-14-3-5-16-11-17(22-2)7-6-15(16)10-14/h3-11H,12H2,1-2H3/b8-4+. The maximum absolute atomic E-state index is 11.8. The van der Waals surface area contributed by atoms with Crippen molar-refractivity contribution in [3.8, 4) is 5.75 Å². The summed E-state index contributed by atoms with van der Waals surface area (Å²) in [5.74, 6) is 0.907. The lowest BCUT2D eigenvalue weighted by molar-refractivity contribution is -0.139. The minimum Gasteiger partial charge on any atom is -0.497 e. The fourth-order valence-corrected chi connectivity index (χ4v) is 2.31. The smallest absolute Gasteiger partial charge is 0.331 e. The minimum absolute atomic E-state index is 0.0710. The molecular weight excluding hydrogens is 306 g/mol. The first-order chi connectivity index (χ1) is 11.6. The van der Waals surface area contributed by atoms with Crippen LogP contribution in [0.2, 0.25) is 0 Å². The Labute approximate surface area is 139 Å². The summed E-state index contributed by atoms with van der Waals surface area (Å²) >= 11 is 0. The maximum atomic E-state index is 11.8. The Morgan fingerprint density at radius 3 is 2.71 bits per heavy atom. The first kappa shape index (κ1) is 15.8. The summed E-state index contributed by atoms with van der Waals surface area (Å²) in [4.78, 5) is 11.8. The van der Waals surface area contributed by atoms with Gasteiger partial charge in [-0.1, -0.05) is 23.4 Å². The largest absolute Gasteiger partial charge is 0.497 e. The van der Waals surface area contributed by atoms with E-state index in [4.69, 9.17) is 14.0 Å². The number of esters is 1. The van der Waals surface area contributed by atoms with Crippen LogP contribution in [-0.2, 0) is 16.1 Å². The topological polar surface area (TPSA) is 61.6 Å². The number of aromatic nitrogens is 1. The zero-order valence-corrected chi connectivity index (χ0v) is 13.5. The molecule has 0 bridgehead atoms. The fraction of sp³-hybridized carbons (Fsp3) is 0.158. The highest BCUT2D eigenvalue weighted by molar-refractivity contribution is 5.90. The molecule has 0 aliphatic carbocycles. The predicted molar refractivity (Wildman–Crippen MR) is 90.6 cm³/mol. The van der Waals surface area contributed by atoms with Gasteiger partial charge in [0.05, 0.1) is 12.8 Å². The van der Waals surface area contributed by atoms with Gasteiger partial charge in [0, 0.05) is 12.1 Å². The van der Waals surface area contributed by atoms with E-state index in [1.54, 1.807) is 19.3 Å². The summed E-state index contributed by atoms with van der Waals surface area (Å²) in [6.07, 6.45) is 3.12. The number of benzene rings is 2. The average Bonchev–Trinajstić information content (AvgIpc) is 3.02. The molecule has 1 heterocycles. The molecule has 0 fully saturated rings. The van der Waals surface area contributed by atoms with Crippen LogP contribution in [0.5, 0.6) is 5.75 Å². The molecule has 0 unspecified atom stereocenters. The number of ether oxygens (including phenoxy) is 2. The summed E-state index contributed by atoms with van der Waals surface area (Å²) in [7, 11) is 1.64. The third-order valence-corrected chi connectivity index (χ3v) is 3.52. The number of nitrogens with zero attached hydrogens (tertiary/aromatic N) is 1. The van der Waals surface area contributed by atoms with Crippen LogP contribution in [0.1, 0.15) is 17.0 Å². The van der Waals surface area contributed by atoms with Crippen LogP contribution < -0.4 is 4.74 Å². The van der Waals surface area contributed by atoms with Gasteiger partial charge in [-0.25, -0.2) is 4.79 Å². The summed E-state index contributed by atoms with van der Waals surface area (Å²) in [5, 5.41) is 5.89. The van der Waals surface area contributed by atoms with Gasteiger partial charge in [-0.05, 0) is 47.5 Å². The zero-order valence-electron chi connectivity index (χ0n) is 13.5. The Morgan fingerprint density at radius 2 is 1.96 bits per heavy atom. The van der Waals surface area contributed by atoms with E-state index in [-0.39, 0.29) is 6.61 Å². The van der Waals surface area contributed by atoms with Gasteiger partial charge in [0.25, 0.3) is 0 Å². The molecule has 0 aliphatic rings. The monoisotopic (exact) mass is 323 g/mol. The molecule has 3 aromatic rings. The Morgan fingerprint density at radius 1 is 1.17 bits per heavy atom. The summed E-state index contributed by atoms with van der Waals surface area (Å²) in [6, 6.07) is 13.5. The minimum atomic E-state index is -0.432. The molecule has 0 saturated heterocycles. The molecule has 24 heavy (non-hydrogen) atoms. The van der Waals surface area contributed by atoms with Gasteiger partial charge in [-0.3, -0.25) is 0 Å². The summed E-state index contributed by atoms with van der Waals surface area (Å²) in [5.41, 5.74) is 1.67. The van der Waals surface area contributed by atoms with Crippen molar-refractivity contribution in [1.29, 1.82) is 0 Å². The maximum Gasteiger partial charge on any atom is 0.331 e. The van der Waals surface area contributed by atoms with E-state index in [0.29, 0.717) is 5.76 Å². The van der Waals surface area contributed by atoms with Crippen LogP contribution in [0.3, 0.4) is 0 Å². The van der Waals surface area contributed by atoms with Gasteiger partial charge in [0.1, 0.15) is 5.75 Å². The lowest BCUT2D eigenvalue weighted by Gasteiger charge is -2.03. The number of methoxy groups -OCH3 is 1. The van der Waals surface area contributed by atoms with E-state index in [2.05, 4.69) is 5.16 Å². The van der Waals surface area contributed by atoms with E-state index < -0.39 is 5.97 Å². The van der Waals surface area contributed by atoms with Crippen LogP contribution in [0.4, 0.5) is 0 Å². The number of hydrogen-bond acceptors (Lipinski definition) is 5. The molecule has 5 heteroatoms. The number of carbonyl (C=O) groups excluding carboxylic acids is 1. The highest BCUT2D eigenvalue weighted by Gasteiger charge is 2.04. The van der Waals surface area contributed by atoms with Crippen LogP contribution >= 0.6 is 0 Å². The molecule has 5 nitrogen and oxygen atoms in total. The summed E-state index contributed by atoms with van der Waals surface area (Å²) in [6.45, 7) is 1.88. The zero-order chi connectivity index (χ0) is 16.9. The van der Waals surface area contributed by atoms with Gasteiger partial charge >= 0.3 is 5.97 Å². The molecule has 2 aromatic carbocycles. The Balaban J connectivity index is 1.64. The second kappa shape index (κ2) is 7.00. The van der Waals surface area contributed by atoms with Crippen LogP contribution in [-0.4, -0.2) is 18.2 Å². The van der Waals surface area contributed by atoms with Gasteiger partial charge in [0.15, 0.2) is 12.4 Å². The van der Waals surface area contributed by atoms with Crippen molar-refractivity contribution in [2.24, 2.45) is 0 Å². The van der Waals surface area contributed by atoms with E-state index in [0.717, 1.165) is 27.8 Å². The molecule has 0 N–H and O–H groups in total. The molecule has 3 rings (SSSR count). The normalized spacial score (nSPS) is 11.1. The number of aryl methyl sites for hydroxylation is 1. The summed E-state index contributed by atoms with van der Waals surface area (Å²) < 4.78 is 15.3. The van der Waals surface area contributed by atoms with Gasteiger partial charge in [0.2, 0.25) is 0 Å². The molecule has 0 amide bonds. The average molecular weight is 323 g/mol. The lowest BCUT2D eigenvalue weighted by Crippen LogP contribution is -1.99. The molecule has 1 aromatic heterocycles. The van der Waals surface area contributed by atoms with E-state index >= 15 is 0 Å². The molecule has 0 aliphatic heterocycles. The van der Waals surface area contributed by atoms with Crippen LogP contribution in [0, 0.1) is 6.92 Å². The van der Waals surface area contributed by atoms with Crippen LogP contribution in [0.25, 0.3) is 16.8 Å². The molecule has 0 saturated carbocycles. The molecule has 0 spiro atoms. The number of fused-ring (bicyclic) bond motifs is 1. The quantitative estimate of drug-likeness (QED) is 0.526. The van der Waals surface area contributed by atoms with Crippen molar-refractivity contribution < 1.29 is 18.8 Å². The number of carbonyl (C=O) groups is 1. The van der Waals surface area contributed by atoms with Crippen molar-refractivity contribution >= 4 is 22.8 Å². The molecule has 122 valence electrons. The van der Waals surface area contributed by atoms with Crippen molar-refractivity contribution in [2.75, 3.05) is 7.11 Å².